The number of benzene rings is 1. The number of halogens is 1. The molecule has 2 nitrogen and oxygen atoms in total. The molecule has 1 aromatic carbocycles. The number of aliphatic hydroxyl groups excluding tert-OH is 1. The summed E-state index contributed by atoms with van der Waals surface area (Å²) in [5.41, 5.74) is 6.74. The molecule has 3 N–H and O–H groups in total. The van der Waals surface area contributed by atoms with Gasteiger partial charge >= 0.3 is 0 Å². The molecule has 0 aliphatic heterocycles. The van der Waals surface area contributed by atoms with Crippen LogP contribution in [0.3, 0.4) is 0 Å². The molecule has 0 aliphatic carbocycles. The first-order chi connectivity index (χ1) is 7.19. The van der Waals surface area contributed by atoms with Gasteiger partial charge in [-0.2, -0.15) is 0 Å². The number of rotatable bonds is 5. The van der Waals surface area contributed by atoms with Crippen molar-refractivity contribution in [2.24, 2.45) is 5.73 Å². The molecule has 0 bridgehead atoms. The van der Waals surface area contributed by atoms with Crippen LogP contribution >= 0.6 is 11.6 Å². The number of aliphatic hydroxyl groups is 1. The van der Waals surface area contributed by atoms with Crippen LogP contribution < -0.4 is 5.73 Å². The lowest BCUT2D eigenvalue weighted by molar-refractivity contribution is 0.135. The Balaban J connectivity index is 2.77. The monoisotopic (exact) mass is 227 g/mol. The van der Waals surface area contributed by atoms with E-state index in [1.165, 1.54) is 0 Å². The summed E-state index contributed by atoms with van der Waals surface area (Å²) in [6.45, 7) is 2.52. The lowest BCUT2D eigenvalue weighted by atomic mass is 9.91. The summed E-state index contributed by atoms with van der Waals surface area (Å²) in [5, 5.41) is 10.6. The van der Waals surface area contributed by atoms with E-state index in [1.807, 2.05) is 24.3 Å². The van der Waals surface area contributed by atoms with Gasteiger partial charge in [0, 0.05) is 17.5 Å². The molecule has 0 amide bonds. The fraction of sp³-hybridized carbons (Fsp3) is 0.500. The highest BCUT2D eigenvalue weighted by Crippen LogP contribution is 2.23. The van der Waals surface area contributed by atoms with Crippen LogP contribution in [-0.4, -0.2) is 17.8 Å². The highest BCUT2D eigenvalue weighted by atomic mass is 35.5. The second-order valence-corrected chi connectivity index (χ2v) is 4.19. The maximum Gasteiger partial charge on any atom is 0.0620 e. The van der Waals surface area contributed by atoms with Gasteiger partial charge in [-0.1, -0.05) is 37.1 Å². The van der Waals surface area contributed by atoms with Crippen molar-refractivity contribution in [2.75, 3.05) is 6.54 Å². The molecule has 0 fully saturated rings. The zero-order valence-corrected chi connectivity index (χ0v) is 9.74. The molecule has 0 heterocycles. The molecule has 0 radical (unpaired) electrons. The van der Waals surface area contributed by atoms with Gasteiger partial charge in [0.25, 0.3) is 0 Å². The van der Waals surface area contributed by atoms with Gasteiger partial charge in [0.15, 0.2) is 0 Å². The van der Waals surface area contributed by atoms with Crippen LogP contribution in [0.2, 0.25) is 5.02 Å². The SMILES string of the molecule is CCCC(O)C(CN)c1ccc(Cl)cc1. The minimum absolute atomic E-state index is 0.0159. The van der Waals surface area contributed by atoms with E-state index < -0.39 is 0 Å². The highest BCUT2D eigenvalue weighted by molar-refractivity contribution is 6.30. The first-order valence-electron chi connectivity index (χ1n) is 5.32. The zero-order chi connectivity index (χ0) is 11.3. The van der Waals surface area contributed by atoms with E-state index in [0.29, 0.717) is 11.6 Å². The fourth-order valence-electron chi connectivity index (χ4n) is 1.72. The molecule has 0 spiro atoms. The van der Waals surface area contributed by atoms with Crippen molar-refractivity contribution in [3.8, 4) is 0 Å². The molecule has 1 rings (SSSR count). The molecule has 0 saturated carbocycles. The minimum Gasteiger partial charge on any atom is -0.392 e. The van der Waals surface area contributed by atoms with E-state index in [9.17, 15) is 5.11 Å². The molecular weight excluding hydrogens is 210 g/mol. The van der Waals surface area contributed by atoms with Crippen LogP contribution in [0, 0.1) is 0 Å². The topological polar surface area (TPSA) is 46.2 Å². The average Bonchev–Trinajstić information content (AvgIpc) is 2.22. The molecule has 84 valence electrons. The molecule has 1 aromatic rings. The summed E-state index contributed by atoms with van der Waals surface area (Å²) in [6, 6.07) is 7.52. The number of hydrogen-bond donors (Lipinski definition) is 2. The van der Waals surface area contributed by atoms with Gasteiger partial charge in [0.05, 0.1) is 6.10 Å². The van der Waals surface area contributed by atoms with Crippen LogP contribution in [0.15, 0.2) is 24.3 Å². The third-order valence-corrected chi connectivity index (χ3v) is 2.85. The van der Waals surface area contributed by atoms with Crippen molar-refractivity contribution in [3.05, 3.63) is 34.9 Å². The predicted octanol–water partition coefficient (Wildman–Crippen LogP) is 2.54. The van der Waals surface area contributed by atoms with Crippen LogP contribution in [0.5, 0.6) is 0 Å². The fourth-order valence-corrected chi connectivity index (χ4v) is 1.85. The molecule has 2 atom stereocenters. The van der Waals surface area contributed by atoms with Crippen molar-refractivity contribution >= 4 is 11.6 Å². The number of nitrogens with two attached hydrogens (primary N) is 1. The van der Waals surface area contributed by atoms with Crippen molar-refractivity contribution in [3.63, 3.8) is 0 Å². The van der Waals surface area contributed by atoms with E-state index in [-0.39, 0.29) is 12.0 Å². The lowest BCUT2D eigenvalue weighted by Crippen LogP contribution is -2.25. The normalized spacial score (nSPS) is 14.9. The van der Waals surface area contributed by atoms with Gasteiger partial charge < -0.3 is 10.8 Å². The summed E-state index contributed by atoms with van der Waals surface area (Å²) in [7, 11) is 0. The van der Waals surface area contributed by atoms with Gasteiger partial charge in [-0.05, 0) is 24.1 Å². The lowest BCUT2D eigenvalue weighted by Gasteiger charge is -2.21. The Hall–Kier alpha value is -0.570. The van der Waals surface area contributed by atoms with E-state index in [2.05, 4.69) is 6.92 Å². The Morgan fingerprint density at radius 3 is 2.40 bits per heavy atom. The van der Waals surface area contributed by atoms with Gasteiger partial charge in [-0.25, -0.2) is 0 Å². The van der Waals surface area contributed by atoms with E-state index >= 15 is 0 Å². The van der Waals surface area contributed by atoms with E-state index in [4.69, 9.17) is 17.3 Å². The highest BCUT2D eigenvalue weighted by Gasteiger charge is 2.18. The first kappa shape index (κ1) is 12.5. The summed E-state index contributed by atoms with van der Waals surface area (Å²) >= 11 is 5.81. The maximum absolute atomic E-state index is 9.92. The zero-order valence-electron chi connectivity index (χ0n) is 8.99. The second kappa shape index (κ2) is 6.11. The van der Waals surface area contributed by atoms with Crippen LogP contribution in [0.4, 0.5) is 0 Å². The quantitative estimate of drug-likeness (QED) is 0.812. The predicted molar refractivity (Wildman–Crippen MR) is 64.2 cm³/mol. The molecule has 0 aromatic heterocycles. The van der Waals surface area contributed by atoms with Crippen molar-refractivity contribution < 1.29 is 5.11 Å². The van der Waals surface area contributed by atoms with Crippen molar-refractivity contribution in [1.82, 2.24) is 0 Å². The van der Waals surface area contributed by atoms with Gasteiger partial charge in [0.2, 0.25) is 0 Å². The van der Waals surface area contributed by atoms with Crippen molar-refractivity contribution in [1.29, 1.82) is 0 Å². The smallest absolute Gasteiger partial charge is 0.0620 e. The van der Waals surface area contributed by atoms with Crippen LogP contribution in [0.25, 0.3) is 0 Å². The largest absolute Gasteiger partial charge is 0.392 e. The second-order valence-electron chi connectivity index (χ2n) is 3.75. The molecule has 0 saturated heterocycles. The Morgan fingerprint density at radius 2 is 1.93 bits per heavy atom. The third-order valence-electron chi connectivity index (χ3n) is 2.60. The Labute approximate surface area is 96.1 Å². The van der Waals surface area contributed by atoms with Crippen LogP contribution in [-0.2, 0) is 0 Å². The summed E-state index contributed by atoms with van der Waals surface area (Å²) in [6.07, 6.45) is 1.39. The van der Waals surface area contributed by atoms with E-state index in [0.717, 1.165) is 18.4 Å². The standard InChI is InChI=1S/C12H18ClNO/c1-2-3-12(15)11(8-14)9-4-6-10(13)7-5-9/h4-7,11-12,15H,2-3,8,14H2,1H3. The van der Waals surface area contributed by atoms with E-state index in [1.54, 1.807) is 0 Å². The van der Waals surface area contributed by atoms with Gasteiger partial charge in [-0.15, -0.1) is 0 Å². The minimum atomic E-state index is -0.360. The molecule has 0 aliphatic rings. The average molecular weight is 228 g/mol. The molecule has 2 unspecified atom stereocenters. The Kier molecular flexibility index (Phi) is 5.09. The summed E-state index contributed by atoms with van der Waals surface area (Å²) in [5.74, 6) is 0.0159. The third kappa shape index (κ3) is 3.49. The number of hydrogen-bond acceptors (Lipinski definition) is 2. The maximum atomic E-state index is 9.92. The Morgan fingerprint density at radius 1 is 1.33 bits per heavy atom. The molecule has 3 heteroatoms. The first-order valence-corrected chi connectivity index (χ1v) is 5.70. The van der Waals surface area contributed by atoms with Crippen molar-refractivity contribution in [2.45, 2.75) is 31.8 Å². The molecule has 15 heavy (non-hydrogen) atoms. The van der Waals surface area contributed by atoms with Gasteiger partial charge in [0.1, 0.15) is 0 Å². The summed E-state index contributed by atoms with van der Waals surface area (Å²) in [4.78, 5) is 0. The van der Waals surface area contributed by atoms with Crippen LogP contribution in [0.1, 0.15) is 31.2 Å². The Bertz CT molecular complexity index is 286. The van der Waals surface area contributed by atoms with Gasteiger partial charge in [-0.3, -0.25) is 0 Å². The summed E-state index contributed by atoms with van der Waals surface area (Å²) < 4.78 is 0. The molecular formula is C12H18ClNO.